The Balaban J connectivity index is 1.97. The Morgan fingerprint density at radius 2 is 2.31 bits per heavy atom. The summed E-state index contributed by atoms with van der Waals surface area (Å²) in [5.74, 6) is 0. The number of aromatic nitrogens is 1. The predicted molar refractivity (Wildman–Crippen MR) is 51.5 cm³/mol. The molecule has 0 radical (unpaired) electrons. The van der Waals surface area contributed by atoms with E-state index in [-0.39, 0.29) is 5.60 Å². The lowest BCUT2D eigenvalue weighted by atomic mass is 10.0. The molecule has 0 unspecified atom stereocenters. The Labute approximate surface area is 78.6 Å². The average molecular weight is 177 g/mol. The molecule has 2 heteroatoms. The fraction of sp³-hybridized carbons (Fsp3) is 0.545. The van der Waals surface area contributed by atoms with E-state index in [2.05, 4.69) is 11.9 Å². The van der Waals surface area contributed by atoms with Gasteiger partial charge in [0.05, 0.1) is 5.60 Å². The van der Waals surface area contributed by atoms with Gasteiger partial charge in [-0.25, -0.2) is 0 Å². The van der Waals surface area contributed by atoms with E-state index in [1.807, 2.05) is 18.5 Å². The number of rotatable bonds is 3. The fourth-order valence-electron chi connectivity index (χ4n) is 1.54. The van der Waals surface area contributed by atoms with Crippen LogP contribution in [0.25, 0.3) is 0 Å². The highest BCUT2D eigenvalue weighted by molar-refractivity contribution is 5.22. The Morgan fingerprint density at radius 1 is 1.54 bits per heavy atom. The first kappa shape index (κ1) is 8.70. The molecule has 0 bridgehead atoms. The van der Waals surface area contributed by atoms with Gasteiger partial charge in [-0.3, -0.25) is 4.98 Å². The molecule has 2 nitrogen and oxygen atoms in total. The van der Waals surface area contributed by atoms with E-state index in [0.717, 1.165) is 25.7 Å². The van der Waals surface area contributed by atoms with Gasteiger partial charge in [-0.1, -0.05) is 0 Å². The highest BCUT2D eigenvalue weighted by atomic mass is 16.3. The van der Waals surface area contributed by atoms with Crippen molar-refractivity contribution in [2.75, 3.05) is 0 Å². The molecular formula is C11H15NO. The Bertz CT molecular complexity index is 305. The lowest BCUT2D eigenvalue weighted by molar-refractivity contribution is 0.140. The third-order valence-electron chi connectivity index (χ3n) is 2.82. The standard InChI is InChI=1S/C11H15NO/c1-9-8-12-7-3-10(9)2-4-11(13)5-6-11/h3,7-8,13H,2,4-6H2,1H3. The van der Waals surface area contributed by atoms with Crippen LogP contribution in [0.5, 0.6) is 0 Å². The van der Waals surface area contributed by atoms with Crippen molar-refractivity contribution in [3.05, 3.63) is 29.6 Å². The third-order valence-corrected chi connectivity index (χ3v) is 2.82. The zero-order valence-corrected chi connectivity index (χ0v) is 7.95. The van der Waals surface area contributed by atoms with E-state index in [0.29, 0.717) is 0 Å². The van der Waals surface area contributed by atoms with Crippen molar-refractivity contribution in [1.29, 1.82) is 0 Å². The molecule has 1 aromatic heterocycles. The van der Waals surface area contributed by atoms with Crippen LogP contribution in [-0.2, 0) is 6.42 Å². The van der Waals surface area contributed by atoms with Crippen molar-refractivity contribution in [3.63, 3.8) is 0 Å². The maximum atomic E-state index is 9.67. The van der Waals surface area contributed by atoms with Gasteiger partial charge >= 0.3 is 0 Å². The first-order chi connectivity index (χ1) is 6.20. The summed E-state index contributed by atoms with van der Waals surface area (Å²) in [5, 5.41) is 9.67. The molecule has 0 saturated heterocycles. The lowest BCUT2D eigenvalue weighted by Gasteiger charge is -2.08. The fourth-order valence-corrected chi connectivity index (χ4v) is 1.54. The molecule has 0 atom stereocenters. The zero-order valence-electron chi connectivity index (χ0n) is 7.95. The van der Waals surface area contributed by atoms with Gasteiger partial charge in [0.2, 0.25) is 0 Å². The van der Waals surface area contributed by atoms with E-state index in [1.165, 1.54) is 11.1 Å². The molecule has 0 aromatic carbocycles. The second-order valence-electron chi connectivity index (χ2n) is 4.03. The quantitative estimate of drug-likeness (QED) is 0.764. The first-order valence-electron chi connectivity index (χ1n) is 4.81. The molecule has 1 fully saturated rings. The number of pyridine rings is 1. The SMILES string of the molecule is Cc1cnccc1CCC1(O)CC1. The summed E-state index contributed by atoms with van der Waals surface area (Å²) >= 11 is 0. The van der Waals surface area contributed by atoms with Crippen molar-refractivity contribution < 1.29 is 5.11 Å². The molecule has 0 aliphatic heterocycles. The minimum Gasteiger partial charge on any atom is -0.390 e. The topological polar surface area (TPSA) is 33.1 Å². The lowest BCUT2D eigenvalue weighted by Crippen LogP contribution is -2.08. The molecule has 0 spiro atoms. The van der Waals surface area contributed by atoms with E-state index < -0.39 is 0 Å². The van der Waals surface area contributed by atoms with E-state index in [9.17, 15) is 5.11 Å². The minimum atomic E-state index is -0.324. The second kappa shape index (κ2) is 3.11. The normalized spacial score (nSPS) is 18.6. The van der Waals surface area contributed by atoms with Crippen LogP contribution in [0, 0.1) is 6.92 Å². The Morgan fingerprint density at radius 3 is 2.92 bits per heavy atom. The molecule has 13 heavy (non-hydrogen) atoms. The van der Waals surface area contributed by atoms with Gasteiger partial charge < -0.3 is 5.11 Å². The van der Waals surface area contributed by atoms with Crippen LogP contribution >= 0.6 is 0 Å². The maximum Gasteiger partial charge on any atom is 0.0653 e. The van der Waals surface area contributed by atoms with Crippen molar-refractivity contribution >= 4 is 0 Å². The number of aliphatic hydroxyl groups is 1. The minimum absolute atomic E-state index is 0.324. The van der Waals surface area contributed by atoms with Crippen molar-refractivity contribution in [1.82, 2.24) is 4.98 Å². The van der Waals surface area contributed by atoms with Crippen LogP contribution in [-0.4, -0.2) is 15.7 Å². The Kier molecular flexibility index (Phi) is 2.08. The number of hydrogen-bond acceptors (Lipinski definition) is 2. The monoisotopic (exact) mass is 177 g/mol. The largest absolute Gasteiger partial charge is 0.390 e. The van der Waals surface area contributed by atoms with Gasteiger partial charge in [-0.05, 0) is 49.8 Å². The smallest absolute Gasteiger partial charge is 0.0653 e. The summed E-state index contributed by atoms with van der Waals surface area (Å²) in [6.07, 6.45) is 7.54. The average Bonchev–Trinajstić information content (AvgIpc) is 2.83. The molecule has 1 N–H and O–H groups in total. The maximum absolute atomic E-state index is 9.67. The predicted octanol–water partition coefficient (Wildman–Crippen LogP) is 1.85. The van der Waals surface area contributed by atoms with Crippen LogP contribution in [0.1, 0.15) is 30.4 Å². The van der Waals surface area contributed by atoms with E-state index in [4.69, 9.17) is 0 Å². The van der Waals surface area contributed by atoms with Crippen LogP contribution < -0.4 is 0 Å². The van der Waals surface area contributed by atoms with Gasteiger partial charge in [0.15, 0.2) is 0 Å². The molecule has 70 valence electrons. The molecule has 1 aliphatic carbocycles. The highest BCUT2D eigenvalue weighted by Crippen LogP contribution is 2.39. The molecule has 0 amide bonds. The van der Waals surface area contributed by atoms with Gasteiger partial charge in [-0.2, -0.15) is 0 Å². The van der Waals surface area contributed by atoms with Gasteiger partial charge in [-0.15, -0.1) is 0 Å². The first-order valence-corrected chi connectivity index (χ1v) is 4.81. The zero-order chi connectivity index (χ0) is 9.31. The molecule has 1 aromatic rings. The van der Waals surface area contributed by atoms with Gasteiger partial charge in [0.25, 0.3) is 0 Å². The van der Waals surface area contributed by atoms with Crippen molar-refractivity contribution in [3.8, 4) is 0 Å². The van der Waals surface area contributed by atoms with Crippen molar-refractivity contribution in [2.45, 2.75) is 38.2 Å². The van der Waals surface area contributed by atoms with E-state index >= 15 is 0 Å². The summed E-state index contributed by atoms with van der Waals surface area (Å²) in [4.78, 5) is 4.04. The summed E-state index contributed by atoms with van der Waals surface area (Å²) < 4.78 is 0. The van der Waals surface area contributed by atoms with Crippen LogP contribution in [0.3, 0.4) is 0 Å². The van der Waals surface area contributed by atoms with E-state index in [1.54, 1.807) is 0 Å². The van der Waals surface area contributed by atoms with Crippen LogP contribution in [0.2, 0.25) is 0 Å². The molecule has 1 aliphatic rings. The number of nitrogens with zero attached hydrogens (tertiary/aromatic N) is 1. The Hall–Kier alpha value is -0.890. The van der Waals surface area contributed by atoms with Crippen molar-refractivity contribution in [2.24, 2.45) is 0 Å². The van der Waals surface area contributed by atoms with Gasteiger partial charge in [0.1, 0.15) is 0 Å². The molecule has 1 saturated carbocycles. The summed E-state index contributed by atoms with van der Waals surface area (Å²) in [6, 6.07) is 2.04. The molecule has 2 rings (SSSR count). The third kappa shape index (κ3) is 2.07. The second-order valence-corrected chi connectivity index (χ2v) is 4.03. The summed E-state index contributed by atoms with van der Waals surface area (Å²) in [5.41, 5.74) is 2.22. The summed E-state index contributed by atoms with van der Waals surface area (Å²) in [6.45, 7) is 2.07. The molecular weight excluding hydrogens is 162 g/mol. The highest BCUT2D eigenvalue weighted by Gasteiger charge is 2.39. The summed E-state index contributed by atoms with van der Waals surface area (Å²) in [7, 11) is 0. The number of aryl methyl sites for hydroxylation is 2. The molecule has 1 heterocycles. The van der Waals surface area contributed by atoms with Gasteiger partial charge in [0, 0.05) is 12.4 Å². The van der Waals surface area contributed by atoms with Crippen LogP contribution in [0.15, 0.2) is 18.5 Å². The van der Waals surface area contributed by atoms with Crippen LogP contribution in [0.4, 0.5) is 0 Å². The number of hydrogen-bond donors (Lipinski definition) is 1.